The Kier molecular flexibility index (Phi) is 3.41. The minimum atomic E-state index is -0.140. The van der Waals surface area contributed by atoms with Gasteiger partial charge in [0.25, 0.3) is 5.56 Å². The highest BCUT2D eigenvalue weighted by atomic mass is 79.9. The van der Waals surface area contributed by atoms with Crippen molar-refractivity contribution in [1.82, 2.24) is 9.97 Å². The zero-order valence-electron chi connectivity index (χ0n) is 8.42. The second kappa shape index (κ2) is 4.79. The van der Waals surface area contributed by atoms with Crippen LogP contribution in [0, 0.1) is 5.92 Å². The Hall–Kier alpha value is -0.840. The lowest BCUT2D eigenvalue weighted by atomic mass is 10.1. The number of H-pyrrole nitrogens is 1. The van der Waals surface area contributed by atoms with Crippen LogP contribution in [0.1, 0.15) is 25.7 Å². The molecule has 1 heterocycles. The zero-order chi connectivity index (χ0) is 10.7. The van der Waals surface area contributed by atoms with E-state index in [9.17, 15) is 4.79 Å². The van der Waals surface area contributed by atoms with Gasteiger partial charge in [-0.2, -0.15) is 0 Å². The molecule has 1 aliphatic carbocycles. The van der Waals surface area contributed by atoms with Crippen LogP contribution in [0.3, 0.4) is 0 Å². The van der Waals surface area contributed by atoms with E-state index in [0.717, 1.165) is 12.5 Å². The fraction of sp³-hybridized carbons (Fsp3) is 0.600. The Morgan fingerprint density at radius 3 is 3.00 bits per heavy atom. The number of aromatic nitrogens is 2. The van der Waals surface area contributed by atoms with E-state index in [1.165, 1.54) is 32.0 Å². The molecule has 0 aliphatic heterocycles. The summed E-state index contributed by atoms with van der Waals surface area (Å²) in [5.74, 6) is 1.38. The summed E-state index contributed by atoms with van der Waals surface area (Å²) in [5, 5.41) is 3.22. The van der Waals surface area contributed by atoms with Gasteiger partial charge in [-0.15, -0.1) is 0 Å². The summed E-state index contributed by atoms with van der Waals surface area (Å²) in [5.41, 5.74) is -0.140. The first-order valence-corrected chi connectivity index (χ1v) is 6.03. The van der Waals surface area contributed by atoms with Gasteiger partial charge in [0, 0.05) is 6.54 Å². The maximum absolute atomic E-state index is 11.3. The molecular formula is C10H14BrN3O. The molecule has 0 atom stereocenters. The third kappa shape index (κ3) is 2.59. The van der Waals surface area contributed by atoms with Crippen molar-refractivity contribution < 1.29 is 0 Å². The predicted molar refractivity (Wildman–Crippen MR) is 63.0 cm³/mol. The van der Waals surface area contributed by atoms with E-state index in [0.29, 0.717) is 10.3 Å². The molecule has 0 amide bonds. The smallest absolute Gasteiger partial charge is 0.267 e. The number of rotatable bonds is 3. The summed E-state index contributed by atoms with van der Waals surface area (Å²) in [7, 11) is 0. The van der Waals surface area contributed by atoms with Crippen LogP contribution >= 0.6 is 15.9 Å². The van der Waals surface area contributed by atoms with Crippen molar-refractivity contribution in [3.63, 3.8) is 0 Å². The quantitative estimate of drug-likeness (QED) is 0.886. The molecule has 0 spiro atoms. The molecule has 0 bridgehead atoms. The highest BCUT2D eigenvalue weighted by molar-refractivity contribution is 9.10. The third-order valence-electron chi connectivity index (χ3n) is 2.83. The van der Waals surface area contributed by atoms with Gasteiger partial charge in [-0.1, -0.05) is 12.8 Å². The van der Waals surface area contributed by atoms with Gasteiger partial charge in [0.2, 0.25) is 0 Å². The standard InChI is InChI=1S/C10H14BrN3O/c11-8-9(13-6-14-10(8)15)12-5-7-3-1-2-4-7/h6-7H,1-5H2,(H2,12,13,14,15). The second-order valence-electron chi connectivity index (χ2n) is 3.93. The number of nitrogens with zero attached hydrogens (tertiary/aromatic N) is 1. The maximum atomic E-state index is 11.3. The van der Waals surface area contributed by atoms with Crippen molar-refractivity contribution in [2.45, 2.75) is 25.7 Å². The Bertz CT molecular complexity index is 384. The molecule has 2 N–H and O–H groups in total. The first-order valence-electron chi connectivity index (χ1n) is 5.24. The average Bonchev–Trinajstić information content (AvgIpc) is 2.73. The van der Waals surface area contributed by atoms with Crippen LogP contribution < -0.4 is 10.9 Å². The van der Waals surface area contributed by atoms with Gasteiger partial charge in [-0.3, -0.25) is 4.79 Å². The van der Waals surface area contributed by atoms with Crippen LogP contribution in [0.4, 0.5) is 5.82 Å². The van der Waals surface area contributed by atoms with Gasteiger partial charge >= 0.3 is 0 Å². The van der Waals surface area contributed by atoms with Crippen molar-refractivity contribution in [2.75, 3.05) is 11.9 Å². The molecule has 0 unspecified atom stereocenters. The Balaban J connectivity index is 1.98. The number of hydrogen-bond donors (Lipinski definition) is 2. The molecule has 4 nitrogen and oxygen atoms in total. The second-order valence-corrected chi connectivity index (χ2v) is 4.72. The van der Waals surface area contributed by atoms with Crippen molar-refractivity contribution in [2.24, 2.45) is 5.92 Å². The van der Waals surface area contributed by atoms with Crippen molar-refractivity contribution in [3.8, 4) is 0 Å². The first-order chi connectivity index (χ1) is 7.27. The van der Waals surface area contributed by atoms with E-state index in [1.54, 1.807) is 0 Å². The third-order valence-corrected chi connectivity index (χ3v) is 3.57. The molecule has 1 aliphatic rings. The molecule has 82 valence electrons. The highest BCUT2D eigenvalue weighted by Crippen LogP contribution is 2.25. The summed E-state index contributed by atoms with van der Waals surface area (Å²) in [6.45, 7) is 0.912. The van der Waals surface area contributed by atoms with Crippen molar-refractivity contribution in [1.29, 1.82) is 0 Å². The molecule has 15 heavy (non-hydrogen) atoms. The topological polar surface area (TPSA) is 57.8 Å². The summed E-state index contributed by atoms with van der Waals surface area (Å²) >= 11 is 3.22. The largest absolute Gasteiger partial charge is 0.369 e. The molecule has 0 radical (unpaired) electrons. The first kappa shape index (κ1) is 10.7. The fourth-order valence-corrected chi connectivity index (χ4v) is 2.32. The van der Waals surface area contributed by atoms with Crippen LogP contribution in [0.25, 0.3) is 0 Å². The molecule has 1 aromatic heterocycles. The normalized spacial score (nSPS) is 16.9. The number of halogens is 1. The van der Waals surface area contributed by atoms with E-state index in [2.05, 4.69) is 31.2 Å². The summed E-state index contributed by atoms with van der Waals surface area (Å²) in [4.78, 5) is 17.9. The number of anilines is 1. The van der Waals surface area contributed by atoms with Crippen LogP contribution in [-0.4, -0.2) is 16.5 Å². The lowest BCUT2D eigenvalue weighted by molar-refractivity contribution is 0.578. The lowest BCUT2D eigenvalue weighted by Gasteiger charge is -2.11. The van der Waals surface area contributed by atoms with E-state index in [-0.39, 0.29) is 5.56 Å². The average molecular weight is 272 g/mol. The highest BCUT2D eigenvalue weighted by Gasteiger charge is 2.15. The lowest BCUT2D eigenvalue weighted by Crippen LogP contribution is -2.16. The van der Waals surface area contributed by atoms with Crippen LogP contribution in [0.5, 0.6) is 0 Å². The van der Waals surface area contributed by atoms with Crippen molar-refractivity contribution in [3.05, 3.63) is 21.2 Å². The van der Waals surface area contributed by atoms with Gasteiger partial charge in [-0.25, -0.2) is 4.98 Å². The molecule has 1 saturated carbocycles. The van der Waals surface area contributed by atoms with Gasteiger partial charge in [0.1, 0.15) is 10.3 Å². The van der Waals surface area contributed by atoms with Crippen LogP contribution in [0.2, 0.25) is 0 Å². The molecule has 1 aromatic rings. The maximum Gasteiger partial charge on any atom is 0.267 e. The van der Waals surface area contributed by atoms with Gasteiger partial charge in [-0.05, 0) is 34.7 Å². The van der Waals surface area contributed by atoms with E-state index in [1.807, 2.05) is 0 Å². The molecule has 0 aromatic carbocycles. The van der Waals surface area contributed by atoms with Gasteiger partial charge in [0.05, 0.1) is 6.33 Å². The summed E-state index contributed by atoms with van der Waals surface area (Å²) in [6.07, 6.45) is 6.65. The molecule has 2 rings (SSSR count). The minimum Gasteiger partial charge on any atom is -0.369 e. The number of hydrogen-bond acceptors (Lipinski definition) is 3. The minimum absolute atomic E-state index is 0.140. The van der Waals surface area contributed by atoms with Crippen LogP contribution in [-0.2, 0) is 0 Å². The summed E-state index contributed by atoms with van der Waals surface area (Å²) < 4.78 is 0.489. The zero-order valence-corrected chi connectivity index (χ0v) is 10.0. The fourth-order valence-electron chi connectivity index (χ4n) is 1.96. The molecule has 1 fully saturated rings. The van der Waals surface area contributed by atoms with E-state index >= 15 is 0 Å². The Labute approximate surface area is 96.6 Å². The van der Waals surface area contributed by atoms with Crippen LogP contribution in [0.15, 0.2) is 15.6 Å². The predicted octanol–water partition coefficient (Wildman–Crippen LogP) is 2.13. The SMILES string of the molecule is O=c1[nH]cnc(NCC2CCCC2)c1Br. The molecule has 5 heteroatoms. The van der Waals surface area contributed by atoms with Crippen molar-refractivity contribution >= 4 is 21.7 Å². The molecule has 0 saturated heterocycles. The number of nitrogens with one attached hydrogen (secondary N) is 2. The Morgan fingerprint density at radius 2 is 2.27 bits per heavy atom. The van der Waals surface area contributed by atoms with E-state index < -0.39 is 0 Å². The van der Waals surface area contributed by atoms with Gasteiger partial charge < -0.3 is 10.3 Å². The van der Waals surface area contributed by atoms with E-state index in [4.69, 9.17) is 0 Å². The number of aromatic amines is 1. The summed E-state index contributed by atoms with van der Waals surface area (Å²) in [6, 6.07) is 0. The Morgan fingerprint density at radius 1 is 1.53 bits per heavy atom. The monoisotopic (exact) mass is 271 g/mol. The van der Waals surface area contributed by atoms with Gasteiger partial charge in [0.15, 0.2) is 0 Å². The molecular weight excluding hydrogens is 258 g/mol.